The fourth-order valence-corrected chi connectivity index (χ4v) is 1.69. The van der Waals surface area contributed by atoms with E-state index in [0.29, 0.717) is 11.5 Å². The fourth-order valence-electron chi connectivity index (χ4n) is 1.69. The maximum absolute atomic E-state index is 9.85. The van der Waals surface area contributed by atoms with Crippen molar-refractivity contribution in [1.82, 2.24) is 10.1 Å². The highest BCUT2D eigenvalue weighted by atomic mass is 16.5. The first kappa shape index (κ1) is 12.2. The lowest BCUT2D eigenvalue weighted by molar-refractivity contribution is 0.424. The van der Waals surface area contributed by atoms with Crippen LogP contribution in [0.2, 0.25) is 0 Å². The first-order valence-corrected chi connectivity index (χ1v) is 5.83. The molecule has 3 N–H and O–H groups in total. The number of phenolic OH excluding ortho intramolecular Hbond substituents is 1. The number of hydrogen-bond acceptors (Lipinski definition) is 6. The predicted octanol–water partition coefficient (Wildman–Crippen LogP) is 1.87. The van der Waals surface area contributed by atoms with Gasteiger partial charge in [0.05, 0.1) is 11.3 Å². The van der Waals surface area contributed by atoms with E-state index in [0.717, 1.165) is 13.1 Å². The highest BCUT2D eigenvalue weighted by molar-refractivity contribution is 5.71. The van der Waals surface area contributed by atoms with Gasteiger partial charge in [0.25, 0.3) is 11.8 Å². The molecular weight excluding hydrogens is 232 g/mol. The van der Waals surface area contributed by atoms with Crippen molar-refractivity contribution in [2.45, 2.75) is 13.8 Å². The largest absolute Gasteiger partial charge is 0.505 e. The number of benzene rings is 1. The Balaban J connectivity index is 2.38. The van der Waals surface area contributed by atoms with E-state index in [1.807, 2.05) is 18.7 Å². The number of anilines is 2. The average molecular weight is 248 g/mol. The number of para-hydroxylation sites is 1. The van der Waals surface area contributed by atoms with Crippen LogP contribution in [0.1, 0.15) is 13.8 Å². The Bertz CT molecular complexity index is 535. The van der Waals surface area contributed by atoms with Crippen LogP contribution in [0.15, 0.2) is 22.7 Å². The molecule has 96 valence electrons. The Kier molecular flexibility index (Phi) is 3.36. The molecule has 0 fully saturated rings. The highest BCUT2D eigenvalue weighted by Gasteiger charge is 2.16. The van der Waals surface area contributed by atoms with Crippen molar-refractivity contribution in [1.29, 1.82) is 0 Å². The van der Waals surface area contributed by atoms with Crippen LogP contribution in [0.4, 0.5) is 11.6 Å². The topological polar surface area (TPSA) is 88.4 Å². The minimum atomic E-state index is -0.0350. The molecule has 0 saturated heterocycles. The van der Waals surface area contributed by atoms with Gasteiger partial charge < -0.3 is 20.3 Å². The Hall–Kier alpha value is -2.24. The van der Waals surface area contributed by atoms with E-state index in [1.165, 1.54) is 0 Å². The van der Waals surface area contributed by atoms with Gasteiger partial charge in [0.1, 0.15) is 0 Å². The summed E-state index contributed by atoms with van der Waals surface area (Å²) in [4.78, 5) is 6.21. The second-order valence-electron chi connectivity index (χ2n) is 3.82. The van der Waals surface area contributed by atoms with Gasteiger partial charge in [-0.1, -0.05) is 6.07 Å². The standard InChI is InChI=1S/C12H16N4O2/c1-3-16(4-2)12-14-11(18-15-12)8-6-5-7-9(13)10(8)17/h5-7,17H,3-4,13H2,1-2H3. The van der Waals surface area contributed by atoms with Gasteiger partial charge in [-0.15, -0.1) is 0 Å². The molecule has 0 saturated carbocycles. The van der Waals surface area contributed by atoms with E-state index in [4.69, 9.17) is 10.3 Å². The molecule has 0 spiro atoms. The smallest absolute Gasteiger partial charge is 0.266 e. The Morgan fingerprint density at radius 3 is 2.72 bits per heavy atom. The summed E-state index contributed by atoms with van der Waals surface area (Å²) in [5.74, 6) is 0.741. The summed E-state index contributed by atoms with van der Waals surface area (Å²) in [6.45, 7) is 5.60. The van der Waals surface area contributed by atoms with Gasteiger partial charge in [-0.05, 0) is 31.1 Å². The number of nitrogen functional groups attached to an aromatic ring is 1. The number of aromatic nitrogens is 2. The summed E-state index contributed by atoms with van der Waals surface area (Å²) >= 11 is 0. The molecule has 0 bridgehead atoms. The van der Waals surface area contributed by atoms with Gasteiger partial charge in [-0.3, -0.25) is 0 Å². The molecule has 6 heteroatoms. The second kappa shape index (κ2) is 4.95. The molecule has 1 aromatic carbocycles. The van der Waals surface area contributed by atoms with Crippen LogP contribution in [0.25, 0.3) is 11.5 Å². The van der Waals surface area contributed by atoms with Gasteiger partial charge in [0.2, 0.25) is 0 Å². The van der Waals surface area contributed by atoms with Crippen molar-refractivity contribution in [2.24, 2.45) is 0 Å². The first-order chi connectivity index (χ1) is 8.67. The normalized spacial score (nSPS) is 10.6. The molecule has 2 aromatic rings. The summed E-state index contributed by atoms with van der Waals surface area (Å²) in [6.07, 6.45) is 0. The molecule has 6 nitrogen and oxygen atoms in total. The zero-order valence-corrected chi connectivity index (χ0v) is 10.4. The van der Waals surface area contributed by atoms with Crippen molar-refractivity contribution in [3.63, 3.8) is 0 Å². The van der Waals surface area contributed by atoms with E-state index < -0.39 is 0 Å². The van der Waals surface area contributed by atoms with Crippen LogP contribution in [0, 0.1) is 0 Å². The van der Waals surface area contributed by atoms with E-state index >= 15 is 0 Å². The molecule has 2 rings (SSSR count). The van der Waals surface area contributed by atoms with Crippen molar-refractivity contribution in [3.05, 3.63) is 18.2 Å². The lowest BCUT2D eigenvalue weighted by atomic mass is 10.2. The third kappa shape index (κ3) is 2.09. The molecule has 1 aromatic heterocycles. The van der Waals surface area contributed by atoms with Gasteiger partial charge in [-0.25, -0.2) is 0 Å². The second-order valence-corrected chi connectivity index (χ2v) is 3.82. The van der Waals surface area contributed by atoms with Crippen LogP contribution in [0.3, 0.4) is 0 Å². The van der Waals surface area contributed by atoms with E-state index in [1.54, 1.807) is 18.2 Å². The van der Waals surface area contributed by atoms with Crippen LogP contribution >= 0.6 is 0 Å². The van der Waals surface area contributed by atoms with Gasteiger partial charge in [0, 0.05) is 13.1 Å². The summed E-state index contributed by atoms with van der Waals surface area (Å²) < 4.78 is 5.15. The van der Waals surface area contributed by atoms with Gasteiger partial charge in [0.15, 0.2) is 5.75 Å². The van der Waals surface area contributed by atoms with Gasteiger partial charge in [-0.2, -0.15) is 4.98 Å². The van der Waals surface area contributed by atoms with Crippen LogP contribution < -0.4 is 10.6 Å². The number of rotatable bonds is 4. The van der Waals surface area contributed by atoms with Crippen molar-refractivity contribution in [3.8, 4) is 17.2 Å². The van der Waals surface area contributed by atoms with Crippen molar-refractivity contribution < 1.29 is 9.63 Å². The average Bonchev–Trinajstić information content (AvgIpc) is 2.84. The zero-order valence-electron chi connectivity index (χ0n) is 10.4. The third-order valence-corrected chi connectivity index (χ3v) is 2.76. The quantitative estimate of drug-likeness (QED) is 0.634. The highest BCUT2D eigenvalue weighted by Crippen LogP contribution is 2.33. The lowest BCUT2D eigenvalue weighted by Gasteiger charge is -2.14. The van der Waals surface area contributed by atoms with Crippen molar-refractivity contribution in [2.75, 3.05) is 23.7 Å². The molecule has 1 heterocycles. The number of aromatic hydroxyl groups is 1. The summed E-state index contributed by atoms with van der Waals surface area (Å²) in [5, 5.41) is 13.7. The Morgan fingerprint density at radius 2 is 2.06 bits per heavy atom. The first-order valence-electron chi connectivity index (χ1n) is 5.83. The number of nitrogens with zero attached hydrogens (tertiary/aromatic N) is 3. The summed E-state index contributed by atoms with van der Waals surface area (Å²) in [5.41, 5.74) is 6.36. The maximum atomic E-state index is 9.85. The fraction of sp³-hybridized carbons (Fsp3) is 0.333. The minimum absolute atomic E-state index is 0.0350. The molecular formula is C12H16N4O2. The number of nitrogens with two attached hydrogens (primary N) is 1. The maximum Gasteiger partial charge on any atom is 0.266 e. The zero-order chi connectivity index (χ0) is 13.1. The minimum Gasteiger partial charge on any atom is -0.505 e. The van der Waals surface area contributed by atoms with Crippen LogP contribution in [-0.2, 0) is 0 Å². The summed E-state index contributed by atoms with van der Waals surface area (Å²) in [7, 11) is 0. The molecule has 0 aliphatic rings. The summed E-state index contributed by atoms with van der Waals surface area (Å²) in [6, 6.07) is 5.03. The third-order valence-electron chi connectivity index (χ3n) is 2.76. The van der Waals surface area contributed by atoms with E-state index in [2.05, 4.69) is 10.1 Å². The molecule has 0 aliphatic carbocycles. The van der Waals surface area contributed by atoms with Crippen LogP contribution in [-0.4, -0.2) is 28.3 Å². The molecule has 0 amide bonds. The van der Waals surface area contributed by atoms with Gasteiger partial charge >= 0.3 is 0 Å². The number of phenols is 1. The Morgan fingerprint density at radius 1 is 1.33 bits per heavy atom. The monoisotopic (exact) mass is 248 g/mol. The lowest BCUT2D eigenvalue weighted by Crippen LogP contribution is -2.22. The van der Waals surface area contributed by atoms with Crippen LogP contribution in [0.5, 0.6) is 5.75 Å². The Labute approximate surface area is 105 Å². The van der Waals surface area contributed by atoms with E-state index in [9.17, 15) is 5.11 Å². The molecule has 0 unspecified atom stereocenters. The predicted molar refractivity (Wildman–Crippen MR) is 69.4 cm³/mol. The van der Waals surface area contributed by atoms with Crippen molar-refractivity contribution >= 4 is 11.6 Å². The van der Waals surface area contributed by atoms with E-state index in [-0.39, 0.29) is 17.3 Å². The molecule has 0 aliphatic heterocycles. The number of hydrogen-bond donors (Lipinski definition) is 2. The molecule has 0 radical (unpaired) electrons. The SMILES string of the molecule is CCN(CC)c1noc(-c2cccc(N)c2O)n1. The molecule has 0 atom stereocenters. The molecule has 18 heavy (non-hydrogen) atoms.